The van der Waals surface area contributed by atoms with Gasteiger partial charge in [0.1, 0.15) is 5.75 Å². The molecule has 7 nitrogen and oxygen atoms in total. The van der Waals surface area contributed by atoms with Gasteiger partial charge in [0.25, 0.3) is 0 Å². The lowest BCUT2D eigenvalue weighted by Gasteiger charge is -2.30. The minimum Gasteiger partial charge on any atom is -0.492 e. The number of carbonyl (C=O) groups excluding carboxylic acids is 1. The Morgan fingerprint density at radius 2 is 2.00 bits per heavy atom. The van der Waals surface area contributed by atoms with Crippen LogP contribution in [0.1, 0.15) is 24.8 Å². The quantitative estimate of drug-likeness (QED) is 0.463. The molecule has 0 spiro atoms. The van der Waals surface area contributed by atoms with Crippen LogP contribution in [0, 0.1) is 12.8 Å². The van der Waals surface area contributed by atoms with Crippen LogP contribution in [0.15, 0.2) is 52.7 Å². The van der Waals surface area contributed by atoms with Crippen molar-refractivity contribution in [2.24, 2.45) is 5.92 Å². The molecule has 0 saturated carbocycles. The number of aryl methyl sites for hydroxylation is 1. The van der Waals surface area contributed by atoms with Crippen molar-refractivity contribution in [2.45, 2.75) is 31.6 Å². The topological polar surface area (TPSA) is 88.6 Å². The first-order valence-electron chi connectivity index (χ1n) is 11.0. The van der Waals surface area contributed by atoms with Crippen molar-refractivity contribution < 1.29 is 17.9 Å². The van der Waals surface area contributed by atoms with E-state index in [0.717, 1.165) is 16.3 Å². The van der Waals surface area contributed by atoms with Gasteiger partial charge in [-0.05, 0) is 57.0 Å². The Kier molecular flexibility index (Phi) is 7.57. The van der Waals surface area contributed by atoms with Gasteiger partial charge in [-0.15, -0.1) is 11.3 Å². The van der Waals surface area contributed by atoms with Crippen molar-refractivity contribution >= 4 is 44.6 Å². The molecule has 180 valence electrons. The summed E-state index contributed by atoms with van der Waals surface area (Å²) in [4.78, 5) is 17.5. The van der Waals surface area contributed by atoms with E-state index in [1.165, 1.54) is 16.4 Å². The lowest BCUT2D eigenvalue weighted by Crippen LogP contribution is -2.41. The number of nitrogens with zero attached hydrogens (tertiary/aromatic N) is 2. The summed E-state index contributed by atoms with van der Waals surface area (Å²) in [6.07, 6.45) is 0.890. The molecule has 1 N–H and O–H groups in total. The van der Waals surface area contributed by atoms with Crippen LogP contribution in [0.5, 0.6) is 5.75 Å². The molecule has 1 amide bonds. The fraction of sp³-hybridized carbons (Fsp3) is 0.333. The molecular formula is C24H26ClN3O4S2. The minimum atomic E-state index is -3.70. The van der Waals surface area contributed by atoms with Crippen molar-refractivity contribution in [3.63, 3.8) is 0 Å². The molecular weight excluding hydrogens is 494 g/mol. The number of nitrogens with one attached hydrogen (secondary N) is 1. The number of anilines is 1. The zero-order valence-electron chi connectivity index (χ0n) is 19.0. The van der Waals surface area contributed by atoms with Crippen molar-refractivity contribution in [1.29, 1.82) is 0 Å². The number of piperidine rings is 1. The second-order valence-electron chi connectivity index (χ2n) is 8.03. The van der Waals surface area contributed by atoms with Gasteiger partial charge >= 0.3 is 0 Å². The van der Waals surface area contributed by atoms with Gasteiger partial charge in [0.15, 0.2) is 0 Å². The molecule has 0 unspecified atom stereocenters. The number of sulfonamides is 1. The van der Waals surface area contributed by atoms with Gasteiger partial charge < -0.3 is 10.1 Å². The molecule has 1 saturated heterocycles. The Hall–Kier alpha value is -2.46. The Morgan fingerprint density at radius 1 is 1.24 bits per heavy atom. The first-order valence-corrected chi connectivity index (χ1v) is 13.7. The number of carbonyl (C=O) groups is 1. The number of halogens is 1. The van der Waals surface area contributed by atoms with E-state index in [1.54, 1.807) is 17.4 Å². The van der Waals surface area contributed by atoms with E-state index in [4.69, 9.17) is 16.3 Å². The molecule has 1 aliphatic rings. The molecule has 0 aliphatic carbocycles. The smallest absolute Gasteiger partial charge is 0.243 e. The monoisotopic (exact) mass is 519 g/mol. The normalized spacial score (nSPS) is 15.3. The van der Waals surface area contributed by atoms with Crippen LogP contribution < -0.4 is 10.1 Å². The molecule has 34 heavy (non-hydrogen) atoms. The maximum absolute atomic E-state index is 13.1. The third-order valence-corrected chi connectivity index (χ3v) is 8.67. The summed E-state index contributed by atoms with van der Waals surface area (Å²) in [5, 5.41) is 6.21. The van der Waals surface area contributed by atoms with Gasteiger partial charge in [-0.3, -0.25) is 4.79 Å². The van der Waals surface area contributed by atoms with Crippen LogP contribution in [0.4, 0.5) is 5.69 Å². The summed E-state index contributed by atoms with van der Waals surface area (Å²) in [7, 11) is -3.70. The third kappa shape index (κ3) is 5.43. The van der Waals surface area contributed by atoms with Crippen molar-refractivity contribution in [3.8, 4) is 17.0 Å². The lowest BCUT2D eigenvalue weighted by atomic mass is 9.97. The highest BCUT2D eigenvalue weighted by Gasteiger charge is 2.32. The van der Waals surface area contributed by atoms with Crippen LogP contribution in [0.3, 0.4) is 0 Å². The number of amides is 1. The number of rotatable bonds is 7. The second kappa shape index (κ2) is 10.4. The van der Waals surface area contributed by atoms with E-state index in [-0.39, 0.29) is 34.8 Å². The van der Waals surface area contributed by atoms with Crippen LogP contribution >= 0.6 is 22.9 Å². The van der Waals surface area contributed by atoms with E-state index in [1.807, 2.05) is 43.5 Å². The SMILES string of the molecule is CCOc1ccc(S(=O)(=O)N2CCC(C(=O)Nc3cccc(-c4csc(C)n4)c3)CC2)cc1Cl. The average molecular weight is 520 g/mol. The van der Waals surface area contributed by atoms with E-state index in [0.29, 0.717) is 30.9 Å². The van der Waals surface area contributed by atoms with Crippen molar-refractivity contribution in [3.05, 3.63) is 57.9 Å². The molecule has 2 aromatic carbocycles. The number of hydrogen-bond acceptors (Lipinski definition) is 6. The molecule has 2 heterocycles. The van der Waals surface area contributed by atoms with Gasteiger partial charge in [0.2, 0.25) is 15.9 Å². The van der Waals surface area contributed by atoms with Gasteiger partial charge in [-0.25, -0.2) is 13.4 Å². The zero-order chi connectivity index (χ0) is 24.3. The predicted octanol–water partition coefficient (Wildman–Crippen LogP) is 5.21. The largest absolute Gasteiger partial charge is 0.492 e. The van der Waals surface area contributed by atoms with Crippen molar-refractivity contribution in [2.75, 3.05) is 25.0 Å². The first kappa shape index (κ1) is 24.7. The van der Waals surface area contributed by atoms with Gasteiger partial charge in [0.05, 0.1) is 27.2 Å². The molecule has 0 atom stereocenters. The Balaban J connectivity index is 1.38. The maximum atomic E-state index is 13.1. The lowest BCUT2D eigenvalue weighted by molar-refractivity contribution is -0.120. The Morgan fingerprint density at radius 3 is 2.65 bits per heavy atom. The molecule has 0 radical (unpaired) electrons. The predicted molar refractivity (Wildman–Crippen MR) is 135 cm³/mol. The van der Waals surface area contributed by atoms with Crippen LogP contribution in [-0.2, 0) is 14.8 Å². The molecule has 1 aromatic heterocycles. The average Bonchev–Trinajstić information content (AvgIpc) is 3.27. The van der Waals surface area contributed by atoms with Crippen molar-refractivity contribution in [1.82, 2.24) is 9.29 Å². The van der Waals surface area contributed by atoms with Crippen LogP contribution in [0.25, 0.3) is 11.3 Å². The second-order valence-corrected chi connectivity index (χ2v) is 11.4. The summed E-state index contributed by atoms with van der Waals surface area (Å²) in [5.74, 6) is 0.0841. The maximum Gasteiger partial charge on any atom is 0.243 e. The molecule has 1 fully saturated rings. The highest BCUT2D eigenvalue weighted by molar-refractivity contribution is 7.89. The van der Waals surface area contributed by atoms with E-state index in [2.05, 4.69) is 10.3 Å². The first-order chi connectivity index (χ1) is 16.3. The highest BCUT2D eigenvalue weighted by atomic mass is 35.5. The van der Waals surface area contributed by atoms with E-state index in [9.17, 15) is 13.2 Å². The molecule has 10 heteroatoms. The molecule has 0 bridgehead atoms. The number of ether oxygens (including phenoxy) is 1. The summed E-state index contributed by atoms with van der Waals surface area (Å²) < 4.78 is 32.9. The van der Waals surface area contributed by atoms with E-state index >= 15 is 0 Å². The van der Waals surface area contributed by atoms with Gasteiger partial charge in [-0.1, -0.05) is 23.7 Å². The van der Waals surface area contributed by atoms with Gasteiger partial charge in [0, 0.05) is 35.6 Å². The van der Waals surface area contributed by atoms with E-state index < -0.39 is 10.0 Å². The summed E-state index contributed by atoms with van der Waals surface area (Å²) in [6.45, 7) is 4.76. The van der Waals surface area contributed by atoms with Crippen LogP contribution in [0.2, 0.25) is 5.02 Å². The number of hydrogen-bond donors (Lipinski definition) is 1. The summed E-state index contributed by atoms with van der Waals surface area (Å²) in [6, 6.07) is 12.1. The Labute approximate surface area is 208 Å². The standard InChI is InChI=1S/C24H26ClN3O4S2/c1-3-32-23-8-7-20(14-21(23)25)34(30,31)28-11-9-17(10-12-28)24(29)27-19-6-4-5-18(13-19)22-15-33-16(2)26-22/h4-8,13-15,17H,3,9-12H2,1-2H3,(H,27,29). The highest BCUT2D eigenvalue weighted by Crippen LogP contribution is 2.31. The number of thiazole rings is 1. The Bertz CT molecular complexity index is 1280. The summed E-state index contributed by atoms with van der Waals surface area (Å²) in [5.41, 5.74) is 2.52. The molecule has 4 rings (SSSR count). The third-order valence-electron chi connectivity index (χ3n) is 5.71. The minimum absolute atomic E-state index is 0.104. The number of benzene rings is 2. The summed E-state index contributed by atoms with van der Waals surface area (Å²) >= 11 is 7.76. The molecule has 1 aliphatic heterocycles. The van der Waals surface area contributed by atoms with Crippen LogP contribution in [-0.4, -0.2) is 43.3 Å². The zero-order valence-corrected chi connectivity index (χ0v) is 21.3. The van der Waals surface area contributed by atoms with Gasteiger partial charge in [-0.2, -0.15) is 4.31 Å². The molecule has 3 aromatic rings. The fourth-order valence-corrected chi connectivity index (χ4v) is 6.34. The fourth-order valence-electron chi connectivity index (χ4n) is 3.92. The number of aromatic nitrogens is 1.